The topological polar surface area (TPSA) is 52.3 Å². The molecule has 2 aromatic carbocycles. The summed E-state index contributed by atoms with van der Waals surface area (Å²) in [7, 11) is 0. The molecule has 6 heteroatoms. The quantitative estimate of drug-likeness (QED) is 0.857. The lowest BCUT2D eigenvalue weighted by atomic mass is 10.0. The monoisotopic (exact) mass is 309 g/mol. The lowest BCUT2D eigenvalue weighted by molar-refractivity contribution is 0.0996. The van der Waals surface area contributed by atoms with Crippen molar-refractivity contribution in [3.05, 3.63) is 53.3 Å². The second-order valence-electron chi connectivity index (χ2n) is 4.68. The third-order valence-corrected chi connectivity index (χ3v) is 3.02. The third kappa shape index (κ3) is 3.21. The van der Waals surface area contributed by atoms with Crippen LogP contribution in [0.2, 0.25) is 0 Å². The van der Waals surface area contributed by atoms with Crippen LogP contribution < -0.4 is 10.5 Å². The Labute approximate surface area is 125 Å². The van der Waals surface area contributed by atoms with E-state index in [1.54, 1.807) is 0 Å². The Morgan fingerprint density at radius 3 is 2.27 bits per heavy atom. The van der Waals surface area contributed by atoms with E-state index in [0.717, 1.165) is 18.6 Å². The van der Waals surface area contributed by atoms with E-state index in [4.69, 9.17) is 10.5 Å². The Bertz CT molecular complexity index is 694. The lowest BCUT2D eigenvalue weighted by Crippen LogP contribution is -2.13. The molecule has 0 spiro atoms. The van der Waals surface area contributed by atoms with Crippen molar-refractivity contribution in [1.82, 2.24) is 0 Å². The van der Waals surface area contributed by atoms with E-state index in [1.165, 1.54) is 18.2 Å². The zero-order chi connectivity index (χ0) is 16.3. The first-order valence-corrected chi connectivity index (χ1v) is 6.65. The van der Waals surface area contributed by atoms with E-state index in [-0.39, 0.29) is 11.1 Å². The van der Waals surface area contributed by atoms with Gasteiger partial charge in [-0.2, -0.15) is 0 Å². The van der Waals surface area contributed by atoms with Crippen molar-refractivity contribution in [2.75, 3.05) is 6.61 Å². The average molecular weight is 309 g/mol. The first kappa shape index (κ1) is 15.9. The van der Waals surface area contributed by atoms with Gasteiger partial charge in [0.15, 0.2) is 17.5 Å². The number of hydrogen-bond donors (Lipinski definition) is 1. The van der Waals surface area contributed by atoms with Crippen molar-refractivity contribution >= 4 is 5.91 Å². The molecule has 0 bridgehead atoms. The van der Waals surface area contributed by atoms with Crippen molar-refractivity contribution in [2.45, 2.75) is 13.3 Å². The molecule has 0 saturated carbocycles. The minimum atomic E-state index is -1.54. The van der Waals surface area contributed by atoms with Crippen LogP contribution in [0.25, 0.3) is 11.1 Å². The number of carbonyl (C=O) groups excluding carboxylic acids is 1. The van der Waals surface area contributed by atoms with Crippen LogP contribution in [0.15, 0.2) is 30.3 Å². The number of hydrogen-bond acceptors (Lipinski definition) is 2. The van der Waals surface area contributed by atoms with Crippen molar-refractivity contribution in [3.8, 4) is 16.9 Å². The van der Waals surface area contributed by atoms with Gasteiger partial charge in [-0.15, -0.1) is 0 Å². The molecule has 3 nitrogen and oxygen atoms in total. The predicted molar refractivity (Wildman–Crippen MR) is 76.1 cm³/mol. The number of rotatable bonds is 5. The highest BCUT2D eigenvalue weighted by Crippen LogP contribution is 2.28. The van der Waals surface area contributed by atoms with Crippen molar-refractivity contribution in [2.24, 2.45) is 5.73 Å². The number of primary amides is 1. The van der Waals surface area contributed by atoms with Crippen LogP contribution in [-0.2, 0) is 0 Å². The second kappa shape index (κ2) is 6.51. The molecule has 0 atom stereocenters. The highest BCUT2D eigenvalue weighted by atomic mass is 19.2. The Morgan fingerprint density at radius 2 is 1.73 bits per heavy atom. The molecule has 0 aromatic heterocycles. The molecular weight excluding hydrogens is 295 g/mol. The van der Waals surface area contributed by atoms with Gasteiger partial charge in [0.2, 0.25) is 0 Å². The molecule has 2 N–H and O–H groups in total. The molecule has 2 aromatic rings. The number of benzene rings is 2. The van der Waals surface area contributed by atoms with E-state index in [9.17, 15) is 18.0 Å². The largest absolute Gasteiger partial charge is 0.493 e. The third-order valence-electron chi connectivity index (χ3n) is 3.02. The number of nitrogens with two attached hydrogens (primary N) is 1. The van der Waals surface area contributed by atoms with Crippen LogP contribution in [-0.4, -0.2) is 12.5 Å². The van der Waals surface area contributed by atoms with Crippen molar-refractivity contribution < 1.29 is 22.7 Å². The smallest absolute Gasteiger partial charge is 0.252 e. The van der Waals surface area contributed by atoms with E-state index in [0.29, 0.717) is 17.9 Å². The first-order chi connectivity index (χ1) is 10.4. The normalized spacial score (nSPS) is 10.5. The molecule has 0 aliphatic rings. The summed E-state index contributed by atoms with van der Waals surface area (Å²) in [6, 6.07) is 6.07. The molecule has 0 aliphatic carbocycles. The number of ether oxygens (including phenoxy) is 1. The van der Waals surface area contributed by atoms with Crippen LogP contribution in [0, 0.1) is 17.5 Å². The number of amides is 1. The fourth-order valence-corrected chi connectivity index (χ4v) is 1.96. The summed E-state index contributed by atoms with van der Waals surface area (Å²) in [6.45, 7) is 2.31. The van der Waals surface area contributed by atoms with Gasteiger partial charge in [0.25, 0.3) is 5.91 Å². The van der Waals surface area contributed by atoms with Gasteiger partial charge in [-0.3, -0.25) is 4.79 Å². The first-order valence-electron chi connectivity index (χ1n) is 6.65. The minimum Gasteiger partial charge on any atom is -0.493 e. The molecule has 1 amide bonds. The van der Waals surface area contributed by atoms with Crippen molar-refractivity contribution in [3.63, 3.8) is 0 Å². The SMILES string of the molecule is CCCOc1ccc(-c2cc(F)c(F)c(F)c2)cc1C(N)=O. The Morgan fingerprint density at radius 1 is 1.09 bits per heavy atom. The average Bonchev–Trinajstić information content (AvgIpc) is 2.49. The fourth-order valence-electron chi connectivity index (χ4n) is 1.96. The van der Waals surface area contributed by atoms with E-state index < -0.39 is 23.4 Å². The fraction of sp³-hybridized carbons (Fsp3) is 0.188. The van der Waals surface area contributed by atoms with Gasteiger partial charge >= 0.3 is 0 Å². The molecule has 116 valence electrons. The van der Waals surface area contributed by atoms with E-state index >= 15 is 0 Å². The minimum absolute atomic E-state index is 0.0936. The van der Waals surface area contributed by atoms with E-state index in [2.05, 4.69) is 0 Å². The summed E-state index contributed by atoms with van der Waals surface area (Å²) in [4.78, 5) is 11.5. The van der Waals surface area contributed by atoms with Gasteiger partial charge in [0.05, 0.1) is 12.2 Å². The predicted octanol–water partition coefficient (Wildman–Crippen LogP) is 3.66. The Kier molecular flexibility index (Phi) is 4.70. The van der Waals surface area contributed by atoms with E-state index in [1.807, 2.05) is 6.92 Å². The molecular formula is C16H14F3NO2. The zero-order valence-corrected chi connectivity index (χ0v) is 11.8. The summed E-state index contributed by atoms with van der Waals surface area (Å²) in [5.74, 6) is -4.58. The van der Waals surface area contributed by atoms with Crippen LogP contribution in [0.4, 0.5) is 13.2 Å². The van der Waals surface area contributed by atoms with Crippen LogP contribution >= 0.6 is 0 Å². The van der Waals surface area contributed by atoms with Gasteiger partial charge in [0.1, 0.15) is 5.75 Å². The lowest BCUT2D eigenvalue weighted by Gasteiger charge is -2.11. The maximum Gasteiger partial charge on any atom is 0.252 e. The van der Waals surface area contributed by atoms with Crippen LogP contribution in [0.5, 0.6) is 5.75 Å². The van der Waals surface area contributed by atoms with Gasteiger partial charge in [-0.25, -0.2) is 13.2 Å². The van der Waals surface area contributed by atoms with Crippen LogP contribution in [0.3, 0.4) is 0 Å². The molecule has 2 rings (SSSR count). The highest BCUT2D eigenvalue weighted by Gasteiger charge is 2.15. The molecule has 0 fully saturated rings. The maximum absolute atomic E-state index is 13.3. The second-order valence-corrected chi connectivity index (χ2v) is 4.68. The summed E-state index contributed by atoms with van der Waals surface area (Å²) >= 11 is 0. The molecule has 0 unspecified atom stereocenters. The van der Waals surface area contributed by atoms with Crippen LogP contribution in [0.1, 0.15) is 23.7 Å². The number of halogens is 3. The maximum atomic E-state index is 13.3. The summed E-state index contributed by atoms with van der Waals surface area (Å²) in [6.07, 6.45) is 0.744. The molecule has 22 heavy (non-hydrogen) atoms. The standard InChI is InChI=1S/C16H14F3NO2/c1-2-5-22-14-4-3-9(6-11(14)16(20)21)10-7-12(17)15(19)13(18)8-10/h3-4,6-8H,2,5H2,1H3,(H2,20,21). The highest BCUT2D eigenvalue weighted by molar-refractivity contribution is 5.97. The summed E-state index contributed by atoms with van der Waals surface area (Å²) in [5.41, 5.74) is 5.81. The molecule has 0 heterocycles. The zero-order valence-electron chi connectivity index (χ0n) is 11.8. The molecule has 0 aliphatic heterocycles. The van der Waals surface area contributed by atoms with Gasteiger partial charge in [-0.1, -0.05) is 13.0 Å². The Hall–Kier alpha value is -2.50. The number of carbonyl (C=O) groups is 1. The molecule has 0 radical (unpaired) electrons. The van der Waals surface area contributed by atoms with Crippen molar-refractivity contribution in [1.29, 1.82) is 0 Å². The van der Waals surface area contributed by atoms with Gasteiger partial charge < -0.3 is 10.5 Å². The summed E-state index contributed by atoms with van der Waals surface area (Å²) < 4.78 is 45.0. The summed E-state index contributed by atoms with van der Waals surface area (Å²) in [5, 5.41) is 0. The Balaban J connectivity index is 2.49. The van der Waals surface area contributed by atoms with Gasteiger partial charge in [-0.05, 0) is 41.8 Å². The molecule has 0 saturated heterocycles. The van der Waals surface area contributed by atoms with Gasteiger partial charge in [0, 0.05) is 0 Å².